The number of amides is 1. The molecule has 1 amide bonds. The Morgan fingerprint density at radius 3 is 2.57 bits per heavy atom. The summed E-state index contributed by atoms with van der Waals surface area (Å²) in [6.45, 7) is 1.34. The molecule has 1 atom stereocenters. The molecule has 0 unspecified atom stereocenters. The number of anilines is 2. The summed E-state index contributed by atoms with van der Waals surface area (Å²) in [4.78, 5) is 26.8. The van der Waals surface area contributed by atoms with Crippen molar-refractivity contribution in [1.29, 1.82) is 0 Å². The summed E-state index contributed by atoms with van der Waals surface area (Å²) in [5.41, 5.74) is 1.62. The molecule has 0 fully saturated rings. The van der Waals surface area contributed by atoms with E-state index in [1.807, 2.05) is 31.2 Å². The van der Waals surface area contributed by atoms with Gasteiger partial charge in [0.25, 0.3) is 15.9 Å². The zero-order chi connectivity index (χ0) is 25.2. The van der Waals surface area contributed by atoms with Crippen LogP contribution in [0.15, 0.2) is 71.6 Å². The molecule has 3 aromatic carbocycles. The summed E-state index contributed by atoms with van der Waals surface area (Å²) in [7, 11) is -2.72. The third-order valence-corrected chi connectivity index (χ3v) is 7.02. The van der Waals surface area contributed by atoms with Crippen LogP contribution in [0.2, 0.25) is 0 Å². The highest BCUT2D eigenvalue weighted by Gasteiger charge is 2.31. The topological polar surface area (TPSA) is 122 Å². The molecule has 182 valence electrons. The maximum atomic E-state index is 12.9. The Kier molecular flexibility index (Phi) is 6.65. The summed E-state index contributed by atoms with van der Waals surface area (Å²) in [5.74, 6) is -1.61. The normalized spacial score (nSPS) is 14.8. The second kappa shape index (κ2) is 9.67. The third-order valence-electron chi connectivity index (χ3n) is 5.65. The Balaban J connectivity index is 1.50. The van der Waals surface area contributed by atoms with Crippen molar-refractivity contribution in [2.24, 2.45) is 0 Å². The van der Waals surface area contributed by atoms with E-state index in [1.54, 1.807) is 23.1 Å². The number of hydrogen-bond acceptors (Lipinski definition) is 7. The molecule has 0 saturated carbocycles. The highest BCUT2D eigenvalue weighted by atomic mass is 32.2. The van der Waals surface area contributed by atoms with Crippen LogP contribution in [-0.4, -0.2) is 45.2 Å². The summed E-state index contributed by atoms with van der Waals surface area (Å²) < 4.78 is 38.5. The van der Waals surface area contributed by atoms with Gasteiger partial charge in [0.1, 0.15) is 17.1 Å². The number of hydrogen-bond donors (Lipinski definition) is 2. The lowest BCUT2D eigenvalue weighted by Gasteiger charge is -2.22. The number of ether oxygens (including phenoxy) is 2. The quantitative estimate of drug-likeness (QED) is 0.481. The van der Waals surface area contributed by atoms with Crippen LogP contribution in [0.1, 0.15) is 22.8 Å². The van der Waals surface area contributed by atoms with Gasteiger partial charge in [-0.2, -0.15) is 0 Å². The van der Waals surface area contributed by atoms with Crippen molar-refractivity contribution in [3.63, 3.8) is 0 Å². The zero-order valence-electron chi connectivity index (χ0n) is 19.1. The Morgan fingerprint density at radius 2 is 1.80 bits per heavy atom. The fourth-order valence-corrected chi connectivity index (χ4v) is 5.09. The predicted octanol–water partition coefficient (Wildman–Crippen LogP) is 3.34. The van der Waals surface area contributed by atoms with Crippen LogP contribution < -0.4 is 14.4 Å². The summed E-state index contributed by atoms with van der Waals surface area (Å²) in [6.07, 6.45) is 0.690. The van der Waals surface area contributed by atoms with E-state index in [2.05, 4.69) is 4.72 Å². The van der Waals surface area contributed by atoms with Crippen LogP contribution in [0, 0.1) is 0 Å². The number of fused-ring (bicyclic) bond motifs is 1. The van der Waals surface area contributed by atoms with Crippen molar-refractivity contribution in [2.45, 2.75) is 24.3 Å². The number of phenolic OH excluding ortho intramolecular Hbond substituents is 1. The van der Waals surface area contributed by atoms with Crippen molar-refractivity contribution in [1.82, 2.24) is 0 Å². The molecule has 0 bridgehead atoms. The molecule has 35 heavy (non-hydrogen) atoms. The lowest BCUT2D eigenvalue weighted by molar-refractivity contribution is -0.122. The van der Waals surface area contributed by atoms with Crippen LogP contribution in [-0.2, 0) is 26.0 Å². The highest BCUT2D eigenvalue weighted by Crippen LogP contribution is 2.32. The van der Waals surface area contributed by atoms with Crippen LogP contribution in [0.5, 0.6) is 11.5 Å². The second-order valence-electron chi connectivity index (χ2n) is 8.01. The maximum absolute atomic E-state index is 12.9. The van der Waals surface area contributed by atoms with Gasteiger partial charge in [-0.05, 0) is 55.3 Å². The van der Waals surface area contributed by atoms with E-state index in [0.717, 1.165) is 29.4 Å². The van der Waals surface area contributed by atoms with E-state index in [1.165, 1.54) is 13.2 Å². The van der Waals surface area contributed by atoms with Gasteiger partial charge >= 0.3 is 5.97 Å². The van der Waals surface area contributed by atoms with Crippen LogP contribution in [0.25, 0.3) is 0 Å². The summed E-state index contributed by atoms with van der Waals surface area (Å²) in [6, 6.07) is 17.1. The number of esters is 1. The molecule has 0 spiro atoms. The molecular weight excluding hydrogens is 472 g/mol. The average Bonchev–Trinajstić information content (AvgIpc) is 3.18. The number of sulfonamides is 1. The van der Waals surface area contributed by atoms with Crippen molar-refractivity contribution in [2.75, 3.05) is 23.3 Å². The van der Waals surface area contributed by atoms with E-state index in [4.69, 9.17) is 9.47 Å². The van der Waals surface area contributed by atoms with Crippen molar-refractivity contribution < 1.29 is 32.6 Å². The third kappa shape index (κ3) is 4.92. The van der Waals surface area contributed by atoms with E-state index >= 15 is 0 Å². The standard InChI is InChI=1S/C25H24N2O7S/c1-16-13-17-7-3-5-9-21(17)27(16)24(29)15-34-25(30)19-14-18(11-12-22(19)28)35(31,32)26-20-8-4-6-10-23(20)33-2/h3-12,14,16,26,28H,13,15H2,1-2H3/t16-/m1/s1. The molecule has 0 aliphatic carbocycles. The molecule has 10 heteroatoms. The Hall–Kier alpha value is -4.05. The van der Waals surface area contributed by atoms with E-state index in [-0.39, 0.29) is 22.2 Å². The molecule has 3 aromatic rings. The zero-order valence-corrected chi connectivity index (χ0v) is 19.9. The number of para-hydroxylation sites is 3. The Morgan fingerprint density at radius 1 is 1.09 bits per heavy atom. The summed E-state index contributed by atoms with van der Waals surface area (Å²) in [5, 5.41) is 10.2. The highest BCUT2D eigenvalue weighted by molar-refractivity contribution is 7.92. The number of carbonyl (C=O) groups excluding carboxylic acids is 2. The number of benzene rings is 3. The summed E-state index contributed by atoms with van der Waals surface area (Å²) >= 11 is 0. The van der Waals surface area contributed by atoms with Crippen molar-refractivity contribution in [3.8, 4) is 11.5 Å². The molecule has 2 N–H and O–H groups in total. The van der Waals surface area contributed by atoms with Crippen LogP contribution in [0.3, 0.4) is 0 Å². The monoisotopic (exact) mass is 496 g/mol. The average molecular weight is 497 g/mol. The van der Waals surface area contributed by atoms with Gasteiger partial charge in [-0.15, -0.1) is 0 Å². The molecule has 1 aliphatic heterocycles. The smallest absolute Gasteiger partial charge is 0.342 e. The van der Waals surface area contributed by atoms with Gasteiger partial charge in [0.15, 0.2) is 6.61 Å². The molecule has 9 nitrogen and oxygen atoms in total. The molecular formula is C25H24N2O7S. The van der Waals surface area contributed by atoms with E-state index in [9.17, 15) is 23.1 Å². The molecule has 0 saturated heterocycles. The van der Waals surface area contributed by atoms with Gasteiger partial charge in [-0.25, -0.2) is 13.2 Å². The van der Waals surface area contributed by atoms with Gasteiger partial charge in [-0.3, -0.25) is 9.52 Å². The largest absolute Gasteiger partial charge is 0.507 e. The predicted molar refractivity (Wildman–Crippen MR) is 129 cm³/mol. The van der Waals surface area contributed by atoms with Gasteiger partial charge in [0.05, 0.1) is 17.7 Å². The molecule has 1 heterocycles. The lowest BCUT2D eigenvalue weighted by atomic mass is 10.1. The first-order valence-corrected chi connectivity index (χ1v) is 12.3. The molecule has 4 rings (SSSR count). The van der Waals surface area contributed by atoms with Crippen LogP contribution >= 0.6 is 0 Å². The minimum atomic E-state index is -4.13. The number of nitrogens with zero attached hydrogens (tertiary/aromatic N) is 1. The Bertz CT molecular complexity index is 1390. The Labute approximate surface area is 203 Å². The van der Waals surface area contributed by atoms with Crippen LogP contribution in [0.4, 0.5) is 11.4 Å². The first kappa shape index (κ1) is 24.1. The first-order chi connectivity index (χ1) is 16.7. The number of methoxy groups -OCH3 is 1. The number of aromatic hydroxyl groups is 1. The molecule has 0 aromatic heterocycles. The van der Waals surface area contributed by atoms with E-state index < -0.39 is 34.3 Å². The molecule has 1 aliphatic rings. The molecule has 0 radical (unpaired) electrons. The maximum Gasteiger partial charge on any atom is 0.342 e. The van der Waals surface area contributed by atoms with Gasteiger partial charge in [0.2, 0.25) is 0 Å². The van der Waals surface area contributed by atoms with Crippen molar-refractivity contribution in [3.05, 3.63) is 77.9 Å². The van der Waals surface area contributed by atoms with E-state index in [0.29, 0.717) is 12.2 Å². The SMILES string of the molecule is COc1ccccc1NS(=O)(=O)c1ccc(O)c(C(=O)OCC(=O)N2c3ccccc3C[C@H]2C)c1. The van der Waals surface area contributed by atoms with Gasteiger partial charge < -0.3 is 19.5 Å². The van der Waals surface area contributed by atoms with Gasteiger partial charge in [0, 0.05) is 11.7 Å². The number of carbonyl (C=O) groups is 2. The minimum Gasteiger partial charge on any atom is -0.507 e. The number of phenols is 1. The minimum absolute atomic E-state index is 0.0958. The lowest BCUT2D eigenvalue weighted by Crippen LogP contribution is -2.38. The second-order valence-corrected chi connectivity index (χ2v) is 9.69. The number of rotatable bonds is 7. The fourth-order valence-electron chi connectivity index (χ4n) is 4.00. The fraction of sp³-hybridized carbons (Fsp3) is 0.200. The van der Waals surface area contributed by atoms with Gasteiger partial charge in [-0.1, -0.05) is 30.3 Å². The van der Waals surface area contributed by atoms with Crippen molar-refractivity contribution >= 4 is 33.3 Å². The number of nitrogens with one attached hydrogen (secondary N) is 1. The first-order valence-electron chi connectivity index (χ1n) is 10.8.